The number of carbonyl (C=O) groups excluding carboxylic acids is 1. The van der Waals surface area contributed by atoms with Crippen LogP contribution in [0.3, 0.4) is 0 Å². The molecule has 1 aromatic heterocycles. The SMILES string of the molecule is Cc1cn2c3c(c[c-]cc3c1=O)N(C)C(=O)C2.[Y]. The van der Waals surface area contributed by atoms with Crippen molar-refractivity contribution < 1.29 is 37.5 Å². The van der Waals surface area contributed by atoms with E-state index >= 15 is 0 Å². The van der Waals surface area contributed by atoms with Gasteiger partial charge in [0.1, 0.15) is 5.43 Å². The summed E-state index contributed by atoms with van der Waals surface area (Å²) in [5.41, 5.74) is 2.23. The van der Waals surface area contributed by atoms with Gasteiger partial charge in [0.05, 0.1) is 6.54 Å². The Morgan fingerprint density at radius 3 is 2.72 bits per heavy atom. The van der Waals surface area contributed by atoms with Crippen LogP contribution in [0.1, 0.15) is 5.56 Å². The summed E-state index contributed by atoms with van der Waals surface area (Å²) in [6, 6.07) is 6.36. The summed E-state index contributed by atoms with van der Waals surface area (Å²) in [6.07, 6.45) is 1.75. The maximum absolute atomic E-state index is 12.0. The Kier molecular flexibility index (Phi) is 3.43. The minimum Gasteiger partial charge on any atom is -0.365 e. The maximum atomic E-state index is 12.0. The van der Waals surface area contributed by atoms with E-state index in [4.69, 9.17) is 0 Å². The van der Waals surface area contributed by atoms with Gasteiger partial charge in [-0.25, -0.2) is 0 Å². The first-order valence-corrected chi connectivity index (χ1v) is 5.40. The first kappa shape index (κ1) is 13.4. The van der Waals surface area contributed by atoms with E-state index in [2.05, 4.69) is 6.07 Å². The number of likely N-dealkylation sites (N-methyl/N-ethyl adjacent to an activating group) is 1. The first-order valence-electron chi connectivity index (χ1n) is 5.40. The minimum absolute atomic E-state index is 0. The van der Waals surface area contributed by atoms with E-state index in [-0.39, 0.29) is 50.6 Å². The van der Waals surface area contributed by atoms with E-state index in [1.54, 1.807) is 37.2 Å². The molecule has 5 heteroatoms. The molecule has 0 aliphatic carbocycles. The summed E-state index contributed by atoms with van der Waals surface area (Å²) in [7, 11) is 1.72. The third kappa shape index (κ3) is 1.75. The molecule has 0 fully saturated rings. The van der Waals surface area contributed by atoms with Gasteiger partial charge in [0.25, 0.3) is 0 Å². The van der Waals surface area contributed by atoms with Crippen LogP contribution in [-0.4, -0.2) is 17.5 Å². The van der Waals surface area contributed by atoms with E-state index in [1.807, 2.05) is 4.57 Å². The summed E-state index contributed by atoms with van der Waals surface area (Å²) >= 11 is 0. The third-order valence-electron chi connectivity index (χ3n) is 3.23. The molecular weight excluding hydrogens is 305 g/mol. The number of benzene rings is 1. The number of pyridine rings is 1. The van der Waals surface area contributed by atoms with Gasteiger partial charge in [-0.15, -0.1) is 0 Å². The molecule has 18 heavy (non-hydrogen) atoms. The van der Waals surface area contributed by atoms with E-state index < -0.39 is 0 Å². The average molecular weight is 316 g/mol. The summed E-state index contributed by atoms with van der Waals surface area (Å²) in [6.45, 7) is 2.05. The monoisotopic (exact) mass is 316 g/mol. The van der Waals surface area contributed by atoms with E-state index in [9.17, 15) is 9.59 Å². The molecule has 0 unspecified atom stereocenters. The molecule has 89 valence electrons. The van der Waals surface area contributed by atoms with Crippen LogP contribution >= 0.6 is 0 Å². The molecule has 2 heterocycles. The molecule has 4 nitrogen and oxygen atoms in total. The second kappa shape index (κ2) is 4.59. The Labute approximate surface area is 129 Å². The quantitative estimate of drug-likeness (QED) is 0.683. The fourth-order valence-corrected chi connectivity index (χ4v) is 2.29. The van der Waals surface area contributed by atoms with Crippen LogP contribution in [-0.2, 0) is 44.0 Å². The maximum Gasteiger partial charge on any atom is 0.235 e. The molecule has 1 radical (unpaired) electrons. The zero-order chi connectivity index (χ0) is 12.2. The molecule has 0 N–H and O–H groups in total. The van der Waals surface area contributed by atoms with Gasteiger partial charge < -0.3 is 14.3 Å². The van der Waals surface area contributed by atoms with Gasteiger partial charge in [-0.3, -0.25) is 4.79 Å². The number of anilines is 1. The second-order valence-electron chi connectivity index (χ2n) is 4.32. The van der Waals surface area contributed by atoms with Crippen molar-refractivity contribution in [3.05, 3.63) is 40.2 Å². The third-order valence-corrected chi connectivity index (χ3v) is 3.23. The van der Waals surface area contributed by atoms with Gasteiger partial charge in [-0.1, -0.05) is 5.39 Å². The molecule has 1 aliphatic rings. The Morgan fingerprint density at radius 2 is 2.00 bits per heavy atom. The molecule has 0 atom stereocenters. The van der Waals surface area contributed by atoms with Gasteiger partial charge in [0.2, 0.25) is 5.91 Å². The molecule has 1 aromatic carbocycles. The Morgan fingerprint density at radius 1 is 1.28 bits per heavy atom. The van der Waals surface area contributed by atoms with Crippen molar-refractivity contribution >= 4 is 22.5 Å². The number of amides is 1. The van der Waals surface area contributed by atoms with Crippen LogP contribution in [0.4, 0.5) is 5.69 Å². The molecule has 1 aliphatic heterocycles. The normalized spacial score (nSPS) is 13.7. The van der Waals surface area contributed by atoms with Crippen LogP contribution in [0, 0.1) is 13.0 Å². The molecule has 2 aromatic rings. The van der Waals surface area contributed by atoms with Crippen LogP contribution < -0.4 is 10.3 Å². The van der Waals surface area contributed by atoms with Crippen molar-refractivity contribution in [2.45, 2.75) is 13.5 Å². The molecule has 3 rings (SSSR count). The van der Waals surface area contributed by atoms with Gasteiger partial charge in [-0.2, -0.15) is 18.2 Å². The molecule has 0 spiro atoms. The molecule has 0 saturated heterocycles. The number of aromatic nitrogens is 1. The Balaban J connectivity index is 0.00000120. The summed E-state index contributed by atoms with van der Waals surface area (Å²) in [5.74, 6) is 0.0152. The van der Waals surface area contributed by atoms with Gasteiger partial charge in [-0.05, 0) is 18.1 Å². The van der Waals surface area contributed by atoms with Gasteiger partial charge >= 0.3 is 0 Å². The number of aryl methyl sites for hydroxylation is 1. The number of hydrogen-bond acceptors (Lipinski definition) is 2. The topological polar surface area (TPSA) is 42.3 Å². The molecule has 0 bridgehead atoms. The second-order valence-corrected chi connectivity index (χ2v) is 4.32. The molecule has 0 saturated carbocycles. The van der Waals surface area contributed by atoms with Crippen molar-refractivity contribution in [2.24, 2.45) is 0 Å². The predicted octanol–water partition coefficient (Wildman–Crippen LogP) is 1.08. The Bertz CT molecular complexity index is 706. The zero-order valence-electron chi connectivity index (χ0n) is 10.2. The smallest absolute Gasteiger partial charge is 0.235 e. The van der Waals surface area contributed by atoms with Crippen molar-refractivity contribution in [3.8, 4) is 0 Å². The largest absolute Gasteiger partial charge is 0.365 e. The van der Waals surface area contributed by atoms with Crippen LogP contribution in [0.15, 0.2) is 23.1 Å². The van der Waals surface area contributed by atoms with Gasteiger partial charge in [0, 0.05) is 51.5 Å². The number of nitrogens with zero attached hydrogens (tertiary/aromatic N) is 2. The van der Waals surface area contributed by atoms with E-state index in [1.165, 1.54) is 0 Å². The van der Waals surface area contributed by atoms with Crippen molar-refractivity contribution in [3.63, 3.8) is 0 Å². The van der Waals surface area contributed by atoms with Crippen LogP contribution in [0.2, 0.25) is 0 Å². The van der Waals surface area contributed by atoms with E-state index in [0.29, 0.717) is 10.9 Å². The number of carbonyl (C=O) groups is 1. The fraction of sp³-hybridized carbons (Fsp3) is 0.231. The summed E-state index contributed by atoms with van der Waals surface area (Å²) in [5, 5.41) is 0.627. The zero-order valence-corrected chi connectivity index (χ0v) is 13.1. The standard InChI is InChI=1S/C13H11N2O2.Y/c1-8-6-15-7-11(16)14(2)10-5-3-4-9(12(10)15)13(8)17;/h4-6H,7H2,1-2H3;/q-1;. The van der Waals surface area contributed by atoms with Crippen LogP contribution in [0.25, 0.3) is 10.9 Å². The van der Waals surface area contributed by atoms with Gasteiger partial charge in [0.15, 0.2) is 0 Å². The fourth-order valence-electron chi connectivity index (χ4n) is 2.29. The number of hydrogen-bond donors (Lipinski definition) is 0. The van der Waals surface area contributed by atoms with Crippen molar-refractivity contribution in [1.82, 2.24) is 4.57 Å². The molecule has 1 amide bonds. The Hall–Kier alpha value is -0.996. The first-order chi connectivity index (χ1) is 8.09. The molecular formula is C13H11N2O2Y-. The van der Waals surface area contributed by atoms with Crippen molar-refractivity contribution in [2.75, 3.05) is 11.9 Å². The van der Waals surface area contributed by atoms with Crippen molar-refractivity contribution in [1.29, 1.82) is 0 Å². The number of rotatable bonds is 0. The summed E-state index contributed by atoms with van der Waals surface area (Å²) in [4.78, 5) is 25.4. The van der Waals surface area contributed by atoms with Crippen LogP contribution in [0.5, 0.6) is 0 Å². The predicted molar refractivity (Wildman–Crippen MR) is 65.2 cm³/mol. The van der Waals surface area contributed by atoms with E-state index in [0.717, 1.165) is 11.2 Å². The summed E-state index contributed by atoms with van der Waals surface area (Å²) < 4.78 is 1.84. The minimum atomic E-state index is 0. The average Bonchev–Trinajstić information content (AvgIpc) is 2.32.